The molecule has 0 aliphatic heterocycles. The first-order valence-corrected chi connectivity index (χ1v) is 11.8. The number of oxazole rings is 1. The molecule has 1 saturated carbocycles. The van der Waals surface area contributed by atoms with Crippen LogP contribution >= 0.6 is 0 Å². The third-order valence-electron chi connectivity index (χ3n) is 6.54. The summed E-state index contributed by atoms with van der Waals surface area (Å²) in [5.41, 5.74) is 2.78. The summed E-state index contributed by atoms with van der Waals surface area (Å²) in [4.78, 5) is 17.5. The summed E-state index contributed by atoms with van der Waals surface area (Å²) in [5.74, 6) is 2.73. The number of aromatic nitrogens is 1. The lowest BCUT2D eigenvalue weighted by molar-refractivity contribution is -0.156. The van der Waals surface area contributed by atoms with Crippen LogP contribution in [0.2, 0.25) is 0 Å². The lowest BCUT2D eigenvalue weighted by Crippen LogP contribution is -2.35. The molecular formula is C28H33NO3. The molecule has 0 N–H and O–H groups in total. The number of rotatable bonds is 7. The van der Waals surface area contributed by atoms with Gasteiger partial charge in [-0.25, -0.2) is 4.98 Å². The van der Waals surface area contributed by atoms with Crippen molar-refractivity contribution in [3.8, 4) is 22.6 Å². The summed E-state index contributed by atoms with van der Waals surface area (Å²) in [7, 11) is 0. The van der Waals surface area contributed by atoms with Crippen molar-refractivity contribution in [3.05, 3.63) is 66.6 Å². The van der Waals surface area contributed by atoms with Crippen LogP contribution in [-0.2, 0) is 16.0 Å². The molecule has 0 spiro atoms. The van der Waals surface area contributed by atoms with Gasteiger partial charge in [0.15, 0.2) is 11.7 Å². The monoisotopic (exact) mass is 431 g/mol. The van der Waals surface area contributed by atoms with Crippen molar-refractivity contribution in [2.75, 3.05) is 0 Å². The lowest BCUT2D eigenvalue weighted by Gasteiger charge is -2.36. The fourth-order valence-electron chi connectivity index (χ4n) is 4.74. The highest BCUT2D eigenvalue weighted by atomic mass is 16.5. The molecule has 2 aromatic carbocycles. The minimum absolute atomic E-state index is 0.0237. The van der Waals surface area contributed by atoms with Crippen LogP contribution in [0.1, 0.15) is 52.3 Å². The number of nitrogens with zero attached hydrogens (tertiary/aromatic N) is 1. The highest BCUT2D eigenvalue weighted by Crippen LogP contribution is 2.36. The zero-order chi connectivity index (χ0) is 22.5. The number of carbonyl (C=O) groups is 1. The highest BCUT2D eigenvalue weighted by molar-refractivity contribution is 5.77. The van der Waals surface area contributed by atoms with Crippen molar-refractivity contribution >= 4 is 5.97 Å². The van der Waals surface area contributed by atoms with Gasteiger partial charge in [-0.2, -0.15) is 0 Å². The zero-order valence-corrected chi connectivity index (χ0v) is 19.3. The van der Waals surface area contributed by atoms with Gasteiger partial charge in [0.25, 0.3) is 0 Å². The largest absolute Gasteiger partial charge is 0.462 e. The Morgan fingerprint density at radius 3 is 2.34 bits per heavy atom. The van der Waals surface area contributed by atoms with Crippen molar-refractivity contribution in [1.29, 1.82) is 0 Å². The number of carbonyl (C=O) groups excluding carboxylic acids is 1. The van der Waals surface area contributed by atoms with E-state index in [1.165, 1.54) is 6.42 Å². The molecule has 1 aliphatic rings. The van der Waals surface area contributed by atoms with E-state index >= 15 is 0 Å². The van der Waals surface area contributed by atoms with Gasteiger partial charge in [-0.3, -0.25) is 4.79 Å². The minimum atomic E-state index is -0.157. The molecule has 4 heteroatoms. The van der Waals surface area contributed by atoms with Crippen LogP contribution in [0.25, 0.3) is 22.6 Å². The van der Waals surface area contributed by atoms with Gasteiger partial charge in [-0.15, -0.1) is 0 Å². The molecule has 168 valence electrons. The number of hydrogen-bond donors (Lipinski definition) is 0. The minimum Gasteiger partial charge on any atom is -0.462 e. The van der Waals surface area contributed by atoms with E-state index in [2.05, 4.69) is 20.8 Å². The van der Waals surface area contributed by atoms with E-state index in [1.807, 2.05) is 60.7 Å². The average molecular weight is 432 g/mol. The quantitative estimate of drug-likeness (QED) is 0.380. The fourth-order valence-corrected chi connectivity index (χ4v) is 4.74. The molecule has 1 heterocycles. The normalized spacial score (nSPS) is 20.9. The molecule has 1 fully saturated rings. The molecule has 4 rings (SSSR count). The number of benzene rings is 2. The van der Waals surface area contributed by atoms with Crippen LogP contribution in [0.5, 0.6) is 0 Å². The van der Waals surface area contributed by atoms with Crippen LogP contribution in [0.3, 0.4) is 0 Å². The maximum Gasteiger partial charge on any atom is 0.306 e. The van der Waals surface area contributed by atoms with Gasteiger partial charge in [0, 0.05) is 17.5 Å². The molecule has 0 saturated heterocycles. The second-order valence-electron chi connectivity index (χ2n) is 9.37. The molecule has 32 heavy (non-hydrogen) atoms. The lowest BCUT2D eigenvalue weighted by atomic mass is 9.75. The van der Waals surface area contributed by atoms with Crippen LogP contribution in [0, 0.1) is 17.8 Å². The molecule has 4 nitrogen and oxygen atoms in total. The van der Waals surface area contributed by atoms with Crippen molar-refractivity contribution < 1.29 is 13.9 Å². The Labute approximate surface area is 191 Å². The summed E-state index contributed by atoms with van der Waals surface area (Å²) in [6.07, 6.45) is 4.05. The molecule has 1 aliphatic carbocycles. The van der Waals surface area contributed by atoms with Crippen LogP contribution in [-0.4, -0.2) is 17.1 Å². The van der Waals surface area contributed by atoms with Gasteiger partial charge in [-0.05, 0) is 30.6 Å². The summed E-state index contributed by atoms with van der Waals surface area (Å²) in [6, 6.07) is 20.0. The fraction of sp³-hybridized carbons (Fsp3) is 0.429. The van der Waals surface area contributed by atoms with E-state index in [4.69, 9.17) is 14.1 Å². The van der Waals surface area contributed by atoms with Gasteiger partial charge in [0.2, 0.25) is 0 Å². The van der Waals surface area contributed by atoms with Gasteiger partial charge in [-0.1, -0.05) is 87.9 Å². The van der Waals surface area contributed by atoms with E-state index in [1.54, 1.807) is 0 Å². The number of hydrogen-bond acceptors (Lipinski definition) is 4. The van der Waals surface area contributed by atoms with Crippen molar-refractivity contribution in [1.82, 2.24) is 4.98 Å². The number of ether oxygens (including phenoxy) is 1. The van der Waals surface area contributed by atoms with Crippen molar-refractivity contribution in [2.45, 2.75) is 59.0 Å². The van der Waals surface area contributed by atoms with E-state index in [0.717, 1.165) is 35.4 Å². The first kappa shape index (κ1) is 22.3. The predicted molar refractivity (Wildman–Crippen MR) is 127 cm³/mol. The van der Waals surface area contributed by atoms with Gasteiger partial charge < -0.3 is 9.15 Å². The highest BCUT2D eigenvalue weighted by Gasteiger charge is 2.33. The Hall–Kier alpha value is -2.88. The van der Waals surface area contributed by atoms with Gasteiger partial charge in [0.05, 0.1) is 6.42 Å². The van der Waals surface area contributed by atoms with Crippen LogP contribution in [0.15, 0.2) is 65.1 Å². The zero-order valence-electron chi connectivity index (χ0n) is 19.3. The smallest absolute Gasteiger partial charge is 0.306 e. The van der Waals surface area contributed by atoms with E-state index < -0.39 is 0 Å². The summed E-state index contributed by atoms with van der Waals surface area (Å²) >= 11 is 0. The summed E-state index contributed by atoms with van der Waals surface area (Å²) in [5, 5.41) is 0. The van der Waals surface area contributed by atoms with E-state index in [0.29, 0.717) is 30.1 Å². The molecule has 1 aromatic heterocycles. The van der Waals surface area contributed by atoms with E-state index in [-0.39, 0.29) is 18.5 Å². The molecular weight excluding hydrogens is 398 g/mol. The van der Waals surface area contributed by atoms with Gasteiger partial charge in [0.1, 0.15) is 11.8 Å². The Kier molecular flexibility index (Phi) is 7.09. The van der Waals surface area contributed by atoms with Gasteiger partial charge >= 0.3 is 5.97 Å². The standard InChI is InChI=1S/C28H33NO3/c1-19(2)23-15-14-20(3)18-24(23)31-26(30)17-16-25-29-27(21-10-6-4-7-11-21)28(32-25)22-12-8-5-9-13-22/h4-13,19-20,23-24H,14-18H2,1-3H3. The predicted octanol–water partition coefficient (Wildman–Crippen LogP) is 6.95. The first-order chi connectivity index (χ1) is 15.5. The third kappa shape index (κ3) is 5.29. The second-order valence-corrected chi connectivity index (χ2v) is 9.37. The Balaban J connectivity index is 1.47. The average Bonchev–Trinajstić information content (AvgIpc) is 3.23. The molecule has 3 unspecified atom stereocenters. The maximum atomic E-state index is 12.7. The summed E-state index contributed by atoms with van der Waals surface area (Å²) < 4.78 is 12.1. The van der Waals surface area contributed by atoms with E-state index in [9.17, 15) is 4.79 Å². The van der Waals surface area contributed by atoms with Crippen LogP contribution in [0.4, 0.5) is 0 Å². The van der Waals surface area contributed by atoms with Crippen molar-refractivity contribution in [3.63, 3.8) is 0 Å². The maximum absolute atomic E-state index is 12.7. The van der Waals surface area contributed by atoms with Crippen molar-refractivity contribution in [2.24, 2.45) is 17.8 Å². The molecule has 0 amide bonds. The SMILES string of the molecule is CC1CCC(C(C)C)C(OC(=O)CCc2nc(-c3ccccc3)c(-c3ccccc3)o2)C1. The third-order valence-corrected chi connectivity index (χ3v) is 6.54. The molecule has 3 aromatic rings. The first-order valence-electron chi connectivity index (χ1n) is 11.8. The molecule has 0 bridgehead atoms. The molecule has 3 atom stereocenters. The number of aryl methyl sites for hydroxylation is 1. The summed E-state index contributed by atoms with van der Waals surface area (Å²) in [6.45, 7) is 6.70. The molecule has 0 radical (unpaired) electrons. The Morgan fingerprint density at radius 2 is 1.69 bits per heavy atom. The van der Waals surface area contributed by atoms with Crippen LogP contribution < -0.4 is 0 Å². The Morgan fingerprint density at radius 1 is 1.03 bits per heavy atom. The Bertz CT molecular complexity index is 953. The topological polar surface area (TPSA) is 52.3 Å². The number of esters is 1. The second kappa shape index (κ2) is 10.2.